The number of aryl methyl sites for hydroxylation is 1. The first-order chi connectivity index (χ1) is 9.52. The van der Waals surface area contributed by atoms with E-state index in [4.69, 9.17) is 4.74 Å². The summed E-state index contributed by atoms with van der Waals surface area (Å²) in [5, 5.41) is 2.70. The number of ether oxygens (including phenoxy) is 1. The second kappa shape index (κ2) is 8.52. The molecule has 1 aromatic carbocycles. The first kappa shape index (κ1) is 16.4. The largest absolute Gasteiger partial charge is 0.452 e. The molecule has 1 amide bonds. The van der Waals surface area contributed by atoms with Gasteiger partial charge in [-0.1, -0.05) is 18.2 Å². The molecule has 0 aliphatic rings. The van der Waals surface area contributed by atoms with Crippen molar-refractivity contribution in [3.8, 4) is 0 Å². The number of hydrogen-bond acceptors (Lipinski definition) is 3. The van der Waals surface area contributed by atoms with Crippen LogP contribution in [0.3, 0.4) is 0 Å². The predicted octanol–water partition coefficient (Wildman–Crippen LogP) is 3.21. The highest BCUT2D eigenvalue weighted by Gasteiger charge is 2.07. The van der Waals surface area contributed by atoms with Crippen molar-refractivity contribution in [2.75, 3.05) is 11.9 Å². The minimum atomic E-state index is -0.544. The van der Waals surface area contributed by atoms with E-state index in [0.29, 0.717) is 0 Å². The molecule has 5 heteroatoms. The molecule has 20 heavy (non-hydrogen) atoms. The van der Waals surface area contributed by atoms with Gasteiger partial charge >= 0.3 is 5.97 Å². The van der Waals surface area contributed by atoms with E-state index < -0.39 is 5.97 Å². The number of esters is 1. The van der Waals surface area contributed by atoms with Crippen LogP contribution in [0.25, 0.3) is 0 Å². The molecule has 0 aliphatic heterocycles. The molecule has 106 valence electrons. The smallest absolute Gasteiger partial charge is 0.331 e. The van der Waals surface area contributed by atoms with Gasteiger partial charge < -0.3 is 10.1 Å². The number of allylic oxidation sites excluding steroid dienone is 3. The summed E-state index contributed by atoms with van der Waals surface area (Å²) in [6.07, 6.45) is 6.32. The lowest BCUT2D eigenvalue weighted by Crippen LogP contribution is -2.20. The fraction of sp³-hybridized carbons (Fsp3) is 0.200. The van der Waals surface area contributed by atoms with Gasteiger partial charge in [0.25, 0.3) is 5.91 Å². The molecule has 0 spiro atoms. The lowest BCUT2D eigenvalue weighted by molar-refractivity contribution is -0.142. The summed E-state index contributed by atoms with van der Waals surface area (Å²) < 4.78 is 5.91. The number of rotatable bonds is 5. The van der Waals surface area contributed by atoms with E-state index in [2.05, 4.69) is 27.9 Å². The van der Waals surface area contributed by atoms with E-state index in [1.165, 1.54) is 6.08 Å². The van der Waals surface area contributed by atoms with Crippen LogP contribution in [0.1, 0.15) is 12.5 Å². The normalized spacial score (nSPS) is 10.9. The maximum atomic E-state index is 11.7. The molecule has 1 N–H and O–H groups in total. The Kier molecular flexibility index (Phi) is 7.00. The molecule has 1 aromatic rings. The molecule has 0 unspecified atom stereocenters. The Morgan fingerprint density at radius 3 is 2.75 bits per heavy atom. The van der Waals surface area contributed by atoms with Gasteiger partial charge in [-0.05, 0) is 60.2 Å². The van der Waals surface area contributed by atoms with Gasteiger partial charge in [0.2, 0.25) is 0 Å². The van der Waals surface area contributed by atoms with Crippen LogP contribution in [-0.2, 0) is 14.3 Å². The predicted molar refractivity (Wildman–Crippen MR) is 87.4 cm³/mol. The van der Waals surface area contributed by atoms with Gasteiger partial charge in [0.05, 0.1) is 0 Å². The quantitative estimate of drug-likeness (QED) is 0.367. The topological polar surface area (TPSA) is 55.4 Å². The molecule has 0 radical (unpaired) electrons. The average Bonchev–Trinajstić information content (AvgIpc) is 2.40. The number of hydrogen-bond donors (Lipinski definition) is 1. The van der Waals surface area contributed by atoms with Crippen LogP contribution in [0.5, 0.6) is 0 Å². The molecule has 0 bridgehead atoms. The van der Waals surface area contributed by atoms with Crippen LogP contribution in [0.2, 0.25) is 0 Å². The Morgan fingerprint density at radius 2 is 2.10 bits per heavy atom. The highest BCUT2D eigenvalue weighted by molar-refractivity contribution is 14.1. The fourth-order valence-electron chi connectivity index (χ4n) is 1.38. The average molecular weight is 385 g/mol. The summed E-state index contributed by atoms with van der Waals surface area (Å²) in [6, 6.07) is 5.68. The minimum Gasteiger partial charge on any atom is -0.452 e. The van der Waals surface area contributed by atoms with Crippen LogP contribution < -0.4 is 5.32 Å². The monoisotopic (exact) mass is 385 g/mol. The Bertz CT molecular complexity index is 550. The molecule has 0 aliphatic carbocycles. The minimum absolute atomic E-state index is 0.301. The van der Waals surface area contributed by atoms with Crippen molar-refractivity contribution in [1.29, 1.82) is 0 Å². The highest BCUT2D eigenvalue weighted by Crippen LogP contribution is 2.17. The van der Waals surface area contributed by atoms with Crippen LogP contribution in [0.15, 0.2) is 42.5 Å². The van der Waals surface area contributed by atoms with Crippen LogP contribution in [-0.4, -0.2) is 18.5 Å². The Morgan fingerprint density at radius 1 is 1.35 bits per heavy atom. The summed E-state index contributed by atoms with van der Waals surface area (Å²) in [5.41, 5.74) is 1.68. The lowest BCUT2D eigenvalue weighted by Gasteiger charge is -2.08. The summed E-state index contributed by atoms with van der Waals surface area (Å²) in [5.74, 6) is -0.903. The molecular formula is C15H16INO3. The molecule has 1 rings (SSSR count). The van der Waals surface area contributed by atoms with Gasteiger partial charge in [-0.3, -0.25) is 4.79 Å². The van der Waals surface area contributed by atoms with Gasteiger partial charge in [0.15, 0.2) is 6.61 Å². The molecule has 0 saturated carbocycles. The molecule has 4 nitrogen and oxygen atoms in total. The standard InChI is InChI=1S/C15H16INO3/c1-3-4-5-6-15(19)20-10-14(18)17-13-8-7-12(16)9-11(13)2/h3-9H,10H2,1-2H3,(H,17,18)/b4-3+,6-5+. The van der Waals surface area contributed by atoms with E-state index in [0.717, 1.165) is 14.8 Å². The Hall–Kier alpha value is -1.63. The van der Waals surface area contributed by atoms with E-state index in [1.54, 1.807) is 18.2 Å². The van der Waals surface area contributed by atoms with Gasteiger partial charge in [0, 0.05) is 15.3 Å². The van der Waals surface area contributed by atoms with E-state index in [1.807, 2.05) is 32.0 Å². The van der Waals surface area contributed by atoms with E-state index >= 15 is 0 Å². The third-order valence-electron chi connectivity index (χ3n) is 2.34. The molecule has 0 heterocycles. The number of nitrogens with one attached hydrogen (secondary N) is 1. The van der Waals surface area contributed by atoms with E-state index in [-0.39, 0.29) is 12.5 Å². The van der Waals surface area contributed by atoms with Crippen molar-refractivity contribution in [1.82, 2.24) is 0 Å². The van der Waals surface area contributed by atoms with Crippen LogP contribution >= 0.6 is 22.6 Å². The summed E-state index contributed by atoms with van der Waals surface area (Å²) in [4.78, 5) is 22.9. The molecule has 0 fully saturated rings. The summed E-state index contributed by atoms with van der Waals surface area (Å²) in [7, 11) is 0. The summed E-state index contributed by atoms with van der Waals surface area (Å²) in [6.45, 7) is 3.44. The zero-order valence-electron chi connectivity index (χ0n) is 11.4. The second-order valence-corrected chi connectivity index (χ2v) is 5.25. The van der Waals surface area contributed by atoms with Crippen LogP contribution in [0, 0.1) is 10.5 Å². The number of anilines is 1. The number of benzene rings is 1. The first-order valence-corrected chi connectivity index (χ1v) is 7.13. The zero-order chi connectivity index (χ0) is 15.0. The van der Waals surface area contributed by atoms with Crippen molar-refractivity contribution in [3.63, 3.8) is 0 Å². The first-order valence-electron chi connectivity index (χ1n) is 6.05. The van der Waals surface area contributed by atoms with Crippen molar-refractivity contribution in [2.45, 2.75) is 13.8 Å². The van der Waals surface area contributed by atoms with E-state index in [9.17, 15) is 9.59 Å². The maximum Gasteiger partial charge on any atom is 0.331 e. The zero-order valence-corrected chi connectivity index (χ0v) is 13.5. The molecule has 0 saturated heterocycles. The number of halogens is 1. The van der Waals surface area contributed by atoms with Gasteiger partial charge in [-0.15, -0.1) is 0 Å². The molecule has 0 aromatic heterocycles. The van der Waals surface area contributed by atoms with Crippen molar-refractivity contribution in [2.24, 2.45) is 0 Å². The van der Waals surface area contributed by atoms with Crippen molar-refractivity contribution in [3.05, 3.63) is 51.6 Å². The van der Waals surface area contributed by atoms with Crippen LogP contribution in [0.4, 0.5) is 5.69 Å². The number of carbonyl (C=O) groups is 2. The van der Waals surface area contributed by atoms with Gasteiger partial charge in [-0.25, -0.2) is 4.79 Å². The Balaban J connectivity index is 2.46. The second-order valence-electron chi connectivity index (χ2n) is 4.00. The number of amides is 1. The fourth-order valence-corrected chi connectivity index (χ4v) is 2.03. The third-order valence-corrected chi connectivity index (χ3v) is 3.01. The van der Waals surface area contributed by atoms with Crippen molar-refractivity contribution < 1.29 is 14.3 Å². The SMILES string of the molecule is C/C=C/C=C/C(=O)OCC(=O)Nc1ccc(I)cc1C. The van der Waals surface area contributed by atoms with Crippen molar-refractivity contribution >= 4 is 40.2 Å². The summed E-state index contributed by atoms with van der Waals surface area (Å²) >= 11 is 2.20. The third kappa shape index (κ3) is 6.01. The maximum absolute atomic E-state index is 11.7. The molecule has 0 atom stereocenters. The Labute approximate surface area is 132 Å². The highest BCUT2D eigenvalue weighted by atomic mass is 127. The van der Waals surface area contributed by atoms with Gasteiger partial charge in [0.1, 0.15) is 0 Å². The molecular weight excluding hydrogens is 369 g/mol. The van der Waals surface area contributed by atoms with Gasteiger partial charge in [-0.2, -0.15) is 0 Å². The number of carbonyl (C=O) groups excluding carboxylic acids is 2. The lowest BCUT2D eigenvalue weighted by atomic mass is 10.2.